The summed E-state index contributed by atoms with van der Waals surface area (Å²) in [6, 6.07) is 7.48. The van der Waals surface area contributed by atoms with Gasteiger partial charge in [0.1, 0.15) is 0 Å². The van der Waals surface area contributed by atoms with Crippen LogP contribution in [0.2, 0.25) is 0 Å². The van der Waals surface area contributed by atoms with E-state index in [1.54, 1.807) is 0 Å². The summed E-state index contributed by atoms with van der Waals surface area (Å²) in [6.07, 6.45) is 0.946. The molecule has 1 amide bonds. The molecule has 1 rings (SSSR count). The van der Waals surface area contributed by atoms with Crippen LogP contribution in [-0.4, -0.2) is 19.0 Å². The molecule has 82 valence electrons. The zero-order chi connectivity index (χ0) is 11.3. The third-order valence-electron chi connectivity index (χ3n) is 2.12. The topological polar surface area (TPSA) is 72.3 Å². The molecule has 0 aromatic heterocycles. The van der Waals surface area contributed by atoms with Crippen LogP contribution in [0.15, 0.2) is 24.3 Å². The lowest BCUT2D eigenvalue weighted by atomic mass is 10.2. The summed E-state index contributed by atoms with van der Waals surface area (Å²) in [5, 5.41) is 0. The van der Waals surface area contributed by atoms with E-state index >= 15 is 0 Å². The third-order valence-corrected chi connectivity index (χ3v) is 2.12. The molecule has 0 atom stereocenters. The molecule has 4 heteroatoms. The zero-order valence-corrected chi connectivity index (χ0v) is 8.94. The van der Waals surface area contributed by atoms with Gasteiger partial charge in [0.2, 0.25) is 5.91 Å². The first-order valence-corrected chi connectivity index (χ1v) is 5.03. The van der Waals surface area contributed by atoms with Crippen molar-refractivity contribution in [3.05, 3.63) is 24.3 Å². The normalized spacial score (nSPS) is 9.93. The van der Waals surface area contributed by atoms with Crippen LogP contribution in [0.4, 0.5) is 11.4 Å². The molecule has 0 fully saturated rings. The van der Waals surface area contributed by atoms with Crippen molar-refractivity contribution in [1.82, 2.24) is 0 Å². The van der Waals surface area contributed by atoms with Crippen molar-refractivity contribution in [1.29, 1.82) is 0 Å². The fraction of sp³-hybridized carbons (Fsp3) is 0.364. The Morgan fingerprint density at radius 3 is 2.60 bits per heavy atom. The fourth-order valence-corrected chi connectivity index (χ4v) is 1.52. The van der Waals surface area contributed by atoms with Gasteiger partial charge in [0.25, 0.3) is 0 Å². The SMILES string of the molecule is CCCN(CC(N)=O)c1ccccc1N. The molecular weight excluding hydrogens is 190 g/mol. The average Bonchev–Trinajstić information content (AvgIpc) is 2.17. The van der Waals surface area contributed by atoms with E-state index in [1.807, 2.05) is 36.1 Å². The number of hydrogen-bond donors (Lipinski definition) is 2. The van der Waals surface area contributed by atoms with Crippen LogP contribution < -0.4 is 16.4 Å². The van der Waals surface area contributed by atoms with E-state index in [0.29, 0.717) is 5.69 Å². The molecule has 0 saturated heterocycles. The number of para-hydroxylation sites is 2. The monoisotopic (exact) mass is 207 g/mol. The van der Waals surface area contributed by atoms with E-state index in [1.165, 1.54) is 0 Å². The van der Waals surface area contributed by atoms with E-state index in [-0.39, 0.29) is 12.5 Å². The third kappa shape index (κ3) is 3.16. The molecule has 1 aromatic rings. The zero-order valence-electron chi connectivity index (χ0n) is 8.94. The summed E-state index contributed by atoms with van der Waals surface area (Å²) < 4.78 is 0. The van der Waals surface area contributed by atoms with Gasteiger partial charge in [-0.25, -0.2) is 0 Å². The molecule has 0 aliphatic rings. The summed E-state index contributed by atoms with van der Waals surface area (Å²) in [7, 11) is 0. The molecular formula is C11H17N3O. The second-order valence-electron chi connectivity index (χ2n) is 3.45. The Labute approximate surface area is 89.9 Å². The lowest BCUT2D eigenvalue weighted by molar-refractivity contribution is -0.116. The van der Waals surface area contributed by atoms with Crippen molar-refractivity contribution in [2.45, 2.75) is 13.3 Å². The quantitative estimate of drug-likeness (QED) is 0.707. The minimum Gasteiger partial charge on any atom is -0.397 e. The van der Waals surface area contributed by atoms with Gasteiger partial charge in [-0.1, -0.05) is 19.1 Å². The molecule has 0 heterocycles. The Bertz CT molecular complexity index is 338. The van der Waals surface area contributed by atoms with Crippen LogP contribution >= 0.6 is 0 Å². The van der Waals surface area contributed by atoms with E-state index in [9.17, 15) is 4.79 Å². The number of carbonyl (C=O) groups is 1. The van der Waals surface area contributed by atoms with E-state index in [2.05, 4.69) is 0 Å². The largest absolute Gasteiger partial charge is 0.397 e. The van der Waals surface area contributed by atoms with Gasteiger partial charge < -0.3 is 16.4 Å². The van der Waals surface area contributed by atoms with Crippen molar-refractivity contribution in [3.8, 4) is 0 Å². The van der Waals surface area contributed by atoms with Crippen LogP contribution in [0.25, 0.3) is 0 Å². The molecule has 0 radical (unpaired) electrons. The van der Waals surface area contributed by atoms with E-state index in [0.717, 1.165) is 18.7 Å². The Kier molecular flexibility index (Phi) is 3.97. The summed E-state index contributed by atoms with van der Waals surface area (Å²) in [5.74, 6) is -0.341. The number of primary amides is 1. The number of hydrogen-bond acceptors (Lipinski definition) is 3. The Balaban J connectivity index is 2.88. The smallest absolute Gasteiger partial charge is 0.236 e. The maximum Gasteiger partial charge on any atom is 0.236 e. The summed E-state index contributed by atoms with van der Waals surface area (Å²) in [6.45, 7) is 3.03. The number of rotatable bonds is 5. The lowest BCUT2D eigenvalue weighted by Crippen LogP contribution is -2.34. The Hall–Kier alpha value is -1.71. The predicted molar refractivity (Wildman–Crippen MR) is 62.6 cm³/mol. The maximum atomic E-state index is 10.9. The highest BCUT2D eigenvalue weighted by Crippen LogP contribution is 2.22. The Morgan fingerprint density at radius 1 is 1.40 bits per heavy atom. The van der Waals surface area contributed by atoms with Gasteiger partial charge in [0, 0.05) is 6.54 Å². The predicted octanol–water partition coefficient (Wildman–Crippen LogP) is 0.970. The molecule has 4 N–H and O–H groups in total. The number of carbonyl (C=O) groups excluding carboxylic acids is 1. The fourth-order valence-electron chi connectivity index (χ4n) is 1.52. The first-order chi connectivity index (χ1) is 7.15. The molecule has 0 aliphatic carbocycles. The average molecular weight is 207 g/mol. The summed E-state index contributed by atoms with van der Waals surface area (Å²) in [4.78, 5) is 12.8. The number of nitrogen functional groups attached to an aromatic ring is 1. The minimum atomic E-state index is -0.341. The van der Waals surface area contributed by atoms with Crippen molar-refractivity contribution < 1.29 is 4.79 Å². The number of nitrogens with zero attached hydrogens (tertiary/aromatic N) is 1. The summed E-state index contributed by atoms with van der Waals surface area (Å²) in [5.41, 5.74) is 12.6. The number of amides is 1. The van der Waals surface area contributed by atoms with Crippen LogP contribution in [-0.2, 0) is 4.79 Å². The lowest BCUT2D eigenvalue weighted by Gasteiger charge is -2.23. The molecule has 0 saturated carbocycles. The van der Waals surface area contributed by atoms with Gasteiger partial charge in [-0.05, 0) is 18.6 Å². The second-order valence-corrected chi connectivity index (χ2v) is 3.45. The van der Waals surface area contributed by atoms with Gasteiger partial charge in [-0.2, -0.15) is 0 Å². The standard InChI is InChI=1S/C11H17N3O/c1-2-7-14(8-11(13)15)10-6-4-3-5-9(10)12/h3-6H,2,7-8,12H2,1H3,(H2,13,15). The number of benzene rings is 1. The molecule has 0 bridgehead atoms. The van der Waals surface area contributed by atoms with Gasteiger partial charge in [0.05, 0.1) is 17.9 Å². The van der Waals surface area contributed by atoms with E-state index < -0.39 is 0 Å². The highest BCUT2D eigenvalue weighted by molar-refractivity contribution is 5.81. The first kappa shape index (κ1) is 11.4. The minimum absolute atomic E-state index is 0.210. The number of anilines is 2. The van der Waals surface area contributed by atoms with Crippen molar-refractivity contribution in [3.63, 3.8) is 0 Å². The first-order valence-electron chi connectivity index (χ1n) is 5.03. The Morgan fingerprint density at radius 2 is 2.07 bits per heavy atom. The van der Waals surface area contributed by atoms with Crippen LogP contribution in [0.5, 0.6) is 0 Å². The molecule has 1 aromatic carbocycles. The molecule has 0 unspecified atom stereocenters. The van der Waals surface area contributed by atoms with Crippen LogP contribution in [0.3, 0.4) is 0 Å². The van der Waals surface area contributed by atoms with Crippen molar-refractivity contribution in [2.24, 2.45) is 5.73 Å². The van der Waals surface area contributed by atoms with Crippen molar-refractivity contribution in [2.75, 3.05) is 23.7 Å². The van der Waals surface area contributed by atoms with Gasteiger partial charge in [-0.15, -0.1) is 0 Å². The molecule has 15 heavy (non-hydrogen) atoms. The molecule has 0 aliphatic heterocycles. The van der Waals surface area contributed by atoms with Crippen LogP contribution in [0, 0.1) is 0 Å². The summed E-state index contributed by atoms with van der Waals surface area (Å²) >= 11 is 0. The highest BCUT2D eigenvalue weighted by atomic mass is 16.1. The maximum absolute atomic E-state index is 10.9. The second kappa shape index (κ2) is 5.24. The number of nitrogens with two attached hydrogens (primary N) is 2. The van der Waals surface area contributed by atoms with E-state index in [4.69, 9.17) is 11.5 Å². The van der Waals surface area contributed by atoms with Gasteiger partial charge in [-0.3, -0.25) is 4.79 Å². The van der Waals surface area contributed by atoms with Gasteiger partial charge in [0.15, 0.2) is 0 Å². The molecule has 4 nitrogen and oxygen atoms in total. The molecule has 0 spiro atoms. The van der Waals surface area contributed by atoms with Crippen molar-refractivity contribution >= 4 is 17.3 Å². The highest BCUT2D eigenvalue weighted by Gasteiger charge is 2.10. The van der Waals surface area contributed by atoms with Gasteiger partial charge >= 0.3 is 0 Å². The van der Waals surface area contributed by atoms with Crippen LogP contribution in [0.1, 0.15) is 13.3 Å².